The van der Waals surface area contributed by atoms with Gasteiger partial charge in [0.1, 0.15) is 18.2 Å². The smallest absolute Gasteiger partial charge is 0.158 e. The molecule has 0 atom stereocenters. The molecule has 1 aliphatic heterocycles. The SMILES string of the molecule is CCOCc1nc(NC)cc(N(C)C2CCN(C)CC2)n1. The highest BCUT2D eigenvalue weighted by Crippen LogP contribution is 2.22. The van der Waals surface area contributed by atoms with Crippen molar-refractivity contribution in [2.75, 3.05) is 51.1 Å². The summed E-state index contributed by atoms with van der Waals surface area (Å²) in [5.41, 5.74) is 0. The van der Waals surface area contributed by atoms with Gasteiger partial charge in [-0.05, 0) is 39.9 Å². The van der Waals surface area contributed by atoms with Crippen molar-refractivity contribution in [3.8, 4) is 0 Å². The molecule has 0 bridgehead atoms. The Hall–Kier alpha value is -1.40. The molecule has 0 saturated carbocycles. The number of likely N-dealkylation sites (tertiary alicyclic amines) is 1. The maximum atomic E-state index is 5.44. The maximum absolute atomic E-state index is 5.44. The van der Waals surface area contributed by atoms with E-state index in [1.807, 2.05) is 20.0 Å². The van der Waals surface area contributed by atoms with Crippen molar-refractivity contribution in [2.45, 2.75) is 32.4 Å². The molecular formula is C15H27N5O. The third-order valence-electron chi connectivity index (χ3n) is 4.05. The van der Waals surface area contributed by atoms with Gasteiger partial charge in [-0.2, -0.15) is 0 Å². The van der Waals surface area contributed by atoms with Crippen LogP contribution in [0.2, 0.25) is 0 Å². The summed E-state index contributed by atoms with van der Waals surface area (Å²) in [4.78, 5) is 13.8. The van der Waals surface area contributed by atoms with Gasteiger partial charge in [-0.1, -0.05) is 0 Å². The molecule has 1 fully saturated rings. The van der Waals surface area contributed by atoms with Crippen LogP contribution in [-0.4, -0.2) is 61.7 Å². The molecule has 0 unspecified atom stereocenters. The summed E-state index contributed by atoms with van der Waals surface area (Å²) in [5, 5.41) is 3.11. The number of hydrogen-bond donors (Lipinski definition) is 1. The Morgan fingerprint density at radius 3 is 2.71 bits per heavy atom. The second-order valence-electron chi connectivity index (χ2n) is 5.56. The summed E-state index contributed by atoms with van der Waals surface area (Å²) in [6.07, 6.45) is 2.35. The van der Waals surface area contributed by atoms with Crippen LogP contribution in [0.3, 0.4) is 0 Å². The molecule has 2 rings (SSSR count). The Bertz CT molecular complexity index is 446. The number of nitrogens with one attached hydrogen (secondary N) is 1. The molecular weight excluding hydrogens is 266 g/mol. The average molecular weight is 293 g/mol. The van der Waals surface area contributed by atoms with Gasteiger partial charge in [-0.15, -0.1) is 0 Å². The van der Waals surface area contributed by atoms with Crippen molar-refractivity contribution in [1.82, 2.24) is 14.9 Å². The van der Waals surface area contributed by atoms with Gasteiger partial charge in [0, 0.05) is 32.8 Å². The van der Waals surface area contributed by atoms with E-state index in [9.17, 15) is 0 Å². The molecule has 1 aromatic heterocycles. The zero-order valence-corrected chi connectivity index (χ0v) is 13.6. The molecule has 1 aliphatic rings. The number of ether oxygens (including phenoxy) is 1. The lowest BCUT2D eigenvalue weighted by molar-refractivity contribution is 0.128. The summed E-state index contributed by atoms with van der Waals surface area (Å²) in [6, 6.07) is 2.55. The molecule has 0 amide bonds. The number of nitrogens with zero attached hydrogens (tertiary/aromatic N) is 4. The van der Waals surface area contributed by atoms with Gasteiger partial charge in [0.25, 0.3) is 0 Å². The van der Waals surface area contributed by atoms with Crippen LogP contribution in [0.4, 0.5) is 11.6 Å². The number of aromatic nitrogens is 2. The normalized spacial score (nSPS) is 17.0. The minimum Gasteiger partial charge on any atom is -0.374 e. The Kier molecular flexibility index (Phi) is 5.76. The fraction of sp³-hybridized carbons (Fsp3) is 0.733. The van der Waals surface area contributed by atoms with Crippen LogP contribution in [0.5, 0.6) is 0 Å². The fourth-order valence-electron chi connectivity index (χ4n) is 2.62. The van der Waals surface area contributed by atoms with Gasteiger partial charge >= 0.3 is 0 Å². The van der Waals surface area contributed by atoms with E-state index in [4.69, 9.17) is 4.74 Å². The summed E-state index contributed by atoms with van der Waals surface area (Å²) < 4.78 is 5.44. The van der Waals surface area contributed by atoms with Gasteiger partial charge in [-0.25, -0.2) is 9.97 Å². The molecule has 0 aliphatic carbocycles. The molecule has 0 spiro atoms. The highest BCUT2D eigenvalue weighted by atomic mass is 16.5. The topological polar surface area (TPSA) is 53.5 Å². The van der Waals surface area contributed by atoms with Crippen molar-refractivity contribution < 1.29 is 4.74 Å². The van der Waals surface area contributed by atoms with E-state index in [0.29, 0.717) is 19.3 Å². The number of rotatable bonds is 6. The zero-order valence-electron chi connectivity index (χ0n) is 13.6. The maximum Gasteiger partial charge on any atom is 0.158 e. The van der Waals surface area contributed by atoms with Gasteiger partial charge < -0.3 is 19.9 Å². The third kappa shape index (κ3) is 4.28. The van der Waals surface area contributed by atoms with Crippen LogP contribution < -0.4 is 10.2 Å². The van der Waals surface area contributed by atoms with Crippen molar-refractivity contribution >= 4 is 11.6 Å². The highest BCUT2D eigenvalue weighted by molar-refractivity contribution is 5.49. The van der Waals surface area contributed by atoms with Gasteiger partial charge in [0.05, 0.1) is 0 Å². The standard InChI is InChI=1S/C15H27N5O/c1-5-21-11-14-17-13(16-2)10-15(18-14)20(4)12-6-8-19(3)9-7-12/h10,12H,5-9,11H2,1-4H3,(H,16,17,18). The lowest BCUT2D eigenvalue weighted by Crippen LogP contribution is -2.42. The third-order valence-corrected chi connectivity index (χ3v) is 4.05. The molecule has 21 heavy (non-hydrogen) atoms. The lowest BCUT2D eigenvalue weighted by atomic mass is 10.0. The first-order valence-corrected chi connectivity index (χ1v) is 7.68. The molecule has 6 nitrogen and oxygen atoms in total. The Labute approximate surface area is 127 Å². The number of hydrogen-bond acceptors (Lipinski definition) is 6. The first-order valence-electron chi connectivity index (χ1n) is 7.68. The van der Waals surface area contributed by atoms with Crippen molar-refractivity contribution in [1.29, 1.82) is 0 Å². The molecule has 118 valence electrons. The van der Waals surface area contributed by atoms with Crippen molar-refractivity contribution in [3.05, 3.63) is 11.9 Å². The van der Waals surface area contributed by atoms with E-state index < -0.39 is 0 Å². The second-order valence-corrected chi connectivity index (χ2v) is 5.56. The van der Waals surface area contributed by atoms with Gasteiger partial charge in [0.15, 0.2) is 5.82 Å². The van der Waals surface area contributed by atoms with Crippen LogP contribution in [-0.2, 0) is 11.3 Å². The van der Waals surface area contributed by atoms with E-state index in [0.717, 1.165) is 30.5 Å². The van der Waals surface area contributed by atoms with Crippen molar-refractivity contribution in [3.63, 3.8) is 0 Å². The zero-order chi connectivity index (χ0) is 15.2. The van der Waals surface area contributed by atoms with Crippen LogP contribution >= 0.6 is 0 Å². The molecule has 1 saturated heterocycles. The first kappa shape index (κ1) is 16.0. The molecule has 1 aromatic rings. The number of anilines is 2. The average Bonchev–Trinajstić information content (AvgIpc) is 2.52. The number of piperidine rings is 1. The second kappa shape index (κ2) is 7.56. The Balaban J connectivity index is 2.13. The predicted molar refractivity (Wildman–Crippen MR) is 85.8 cm³/mol. The van der Waals surface area contributed by atoms with Crippen LogP contribution in [0.25, 0.3) is 0 Å². The first-order chi connectivity index (χ1) is 10.1. The summed E-state index contributed by atoms with van der Waals surface area (Å²) >= 11 is 0. The minimum atomic E-state index is 0.459. The van der Waals surface area contributed by atoms with Crippen LogP contribution in [0, 0.1) is 0 Å². The van der Waals surface area contributed by atoms with Gasteiger partial charge in [-0.3, -0.25) is 0 Å². The Morgan fingerprint density at radius 2 is 2.10 bits per heavy atom. The predicted octanol–water partition coefficient (Wildman–Crippen LogP) is 1.59. The largest absolute Gasteiger partial charge is 0.374 e. The summed E-state index contributed by atoms with van der Waals surface area (Å²) in [6.45, 7) is 5.40. The summed E-state index contributed by atoms with van der Waals surface area (Å²) in [7, 11) is 6.19. The lowest BCUT2D eigenvalue weighted by Gasteiger charge is -2.35. The van der Waals surface area contributed by atoms with Crippen molar-refractivity contribution in [2.24, 2.45) is 0 Å². The molecule has 0 aromatic carbocycles. The molecule has 6 heteroatoms. The molecule has 1 N–H and O–H groups in total. The van der Waals surface area contributed by atoms with E-state index in [1.165, 1.54) is 12.8 Å². The van der Waals surface area contributed by atoms with E-state index >= 15 is 0 Å². The minimum absolute atomic E-state index is 0.459. The van der Waals surface area contributed by atoms with E-state index in [2.05, 4.69) is 39.2 Å². The summed E-state index contributed by atoms with van der Waals surface area (Å²) in [5.74, 6) is 2.55. The van der Waals surface area contributed by atoms with E-state index in [-0.39, 0.29) is 0 Å². The highest BCUT2D eigenvalue weighted by Gasteiger charge is 2.22. The quantitative estimate of drug-likeness (QED) is 0.859. The van der Waals surface area contributed by atoms with Crippen LogP contribution in [0.1, 0.15) is 25.6 Å². The van der Waals surface area contributed by atoms with E-state index in [1.54, 1.807) is 0 Å². The Morgan fingerprint density at radius 1 is 1.38 bits per heavy atom. The fourth-order valence-corrected chi connectivity index (χ4v) is 2.62. The molecule has 2 heterocycles. The molecule has 0 radical (unpaired) electrons. The van der Waals surface area contributed by atoms with Gasteiger partial charge in [0.2, 0.25) is 0 Å². The van der Waals surface area contributed by atoms with Crippen LogP contribution in [0.15, 0.2) is 6.07 Å². The monoisotopic (exact) mass is 293 g/mol.